The van der Waals surface area contributed by atoms with Gasteiger partial charge in [-0.2, -0.15) is 0 Å². The molecule has 0 aromatic heterocycles. The van der Waals surface area contributed by atoms with E-state index in [0.29, 0.717) is 0 Å². The number of morpholine rings is 1. The van der Waals surface area contributed by atoms with Gasteiger partial charge in [0, 0.05) is 28.2 Å². The van der Waals surface area contributed by atoms with Crippen LogP contribution in [0.2, 0.25) is 0 Å². The van der Waals surface area contributed by atoms with E-state index in [0.717, 1.165) is 39.1 Å². The molecule has 1 fully saturated rings. The number of nitrogens with two attached hydrogens (primary N) is 1. The second-order valence-corrected chi connectivity index (χ2v) is 7.11. The van der Waals surface area contributed by atoms with Crippen molar-refractivity contribution in [2.45, 2.75) is 38.3 Å². The number of hydrazine groups is 1. The van der Waals surface area contributed by atoms with Crippen molar-refractivity contribution in [1.29, 1.82) is 0 Å². The fraction of sp³-hybridized carbons (Fsp3) is 0.625. The Bertz CT molecular complexity index is 434. The lowest BCUT2D eigenvalue weighted by atomic mass is 9.83. The molecule has 1 aromatic carbocycles. The van der Waals surface area contributed by atoms with Crippen molar-refractivity contribution in [3.05, 3.63) is 33.4 Å². The molecule has 0 aliphatic carbocycles. The van der Waals surface area contributed by atoms with Crippen LogP contribution in [0.3, 0.4) is 0 Å². The van der Waals surface area contributed by atoms with Gasteiger partial charge in [0.05, 0.1) is 13.2 Å². The number of nitrogens with one attached hydrogen (secondary N) is 1. The molecule has 0 saturated carbocycles. The Morgan fingerprint density at radius 3 is 2.48 bits per heavy atom. The highest BCUT2D eigenvalue weighted by atomic mass is 127. The van der Waals surface area contributed by atoms with Gasteiger partial charge in [-0.3, -0.25) is 16.2 Å². The standard InChI is InChI=1S/C16H26IN3O/c1-3-16(2,20-8-10-21-11-9-20)15(19-18)12-13-4-6-14(17)7-5-13/h4-7,15,19H,3,8-12,18H2,1-2H3. The molecular formula is C16H26IN3O. The van der Waals surface area contributed by atoms with Crippen LogP contribution in [-0.2, 0) is 11.2 Å². The predicted octanol–water partition coefficient (Wildman–Crippen LogP) is 2.17. The number of benzene rings is 1. The molecule has 2 unspecified atom stereocenters. The minimum atomic E-state index is 0.0432. The average Bonchev–Trinajstić information content (AvgIpc) is 2.54. The summed E-state index contributed by atoms with van der Waals surface area (Å²) < 4.78 is 6.75. The molecule has 1 aliphatic rings. The fourth-order valence-electron chi connectivity index (χ4n) is 3.08. The molecule has 3 N–H and O–H groups in total. The molecule has 1 aromatic rings. The van der Waals surface area contributed by atoms with Gasteiger partial charge in [-0.1, -0.05) is 19.1 Å². The lowest BCUT2D eigenvalue weighted by Gasteiger charge is -2.47. The summed E-state index contributed by atoms with van der Waals surface area (Å²) in [6.07, 6.45) is 2.00. The summed E-state index contributed by atoms with van der Waals surface area (Å²) in [7, 11) is 0. The van der Waals surface area contributed by atoms with Gasteiger partial charge in [0.25, 0.3) is 0 Å². The van der Waals surface area contributed by atoms with E-state index in [1.54, 1.807) is 0 Å². The van der Waals surface area contributed by atoms with Crippen molar-refractivity contribution < 1.29 is 4.74 Å². The first-order valence-corrected chi connectivity index (χ1v) is 8.71. The smallest absolute Gasteiger partial charge is 0.0594 e. The van der Waals surface area contributed by atoms with Crippen molar-refractivity contribution in [2.24, 2.45) is 5.84 Å². The summed E-state index contributed by atoms with van der Waals surface area (Å²) in [6, 6.07) is 8.92. The molecule has 1 aliphatic heterocycles. The monoisotopic (exact) mass is 403 g/mol. The quantitative estimate of drug-likeness (QED) is 0.434. The maximum atomic E-state index is 5.91. The molecule has 1 heterocycles. The van der Waals surface area contributed by atoms with Gasteiger partial charge in [-0.15, -0.1) is 0 Å². The van der Waals surface area contributed by atoms with E-state index in [4.69, 9.17) is 10.6 Å². The zero-order valence-corrected chi connectivity index (χ0v) is 15.1. The molecule has 118 valence electrons. The Balaban J connectivity index is 2.13. The summed E-state index contributed by atoms with van der Waals surface area (Å²) in [4.78, 5) is 2.52. The van der Waals surface area contributed by atoms with Gasteiger partial charge in [0.1, 0.15) is 0 Å². The average molecular weight is 403 g/mol. The summed E-state index contributed by atoms with van der Waals surface area (Å²) in [5.41, 5.74) is 4.44. The maximum Gasteiger partial charge on any atom is 0.0594 e. The molecule has 5 heteroatoms. The molecule has 2 rings (SSSR count). The topological polar surface area (TPSA) is 50.5 Å². The highest BCUT2D eigenvalue weighted by molar-refractivity contribution is 14.1. The van der Waals surface area contributed by atoms with Gasteiger partial charge in [0.15, 0.2) is 0 Å². The van der Waals surface area contributed by atoms with Gasteiger partial charge in [0.2, 0.25) is 0 Å². The van der Waals surface area contributed by atoms with Crippen LogP contribution in [0.5, 0.6) is 0 Å². The Morgan fingerprint density at radius 1 is 1.33 bits per heavy atom. The second-order valence-electron chi connectivity index (χ2n) is 5.86. The van der Waals surface area contributed by atoms with E-state index < -0.39 is 0 Å². The Hall–Kier alpha value is -0.210. The van der Waals surface area contributed by atoms with E-state index in [1.165, 1.54) is 9.13 Å². The predicted molar refractivity (Wildman–Crippen MR) is 95.1 cm³/mol. The van der Waals surface area contributed by atoms with E-state index >= 15 is 0 Å². The van der Waals surface area contributed by atoms with E-state index in [-0.39, 0.29) is 11.6 Å². The zero-order valence-electron chi connectivity index (χ0n) is 12.9. The van der Waals surface area contributed by atoms with E-state index in [1.807, 2.05) is 0 Å². The minimum Gasteiger partial charge on any atom is -0.379 e. The second kappa shape index (κ2) is 7.87. The molecule has 0 bridgehead atoms. The van der Waals surface area contributed by atoms with Crippen LogP contribution >= 0.6 is 22.6 Å². The summed E-state index contributed by atoms with van der Waals surface area (Å²) in [5, 5.41) is 0. The summed E-state index contributed by atoms with van der Waals surface area (Å²) >= 11 is 2.34. The molecule has 2 atom stereocenters. The number of hydrogen-bond donors (Lipinski definition) is 2. The van der Waals surface area contributed by atoms with Crippen LogP contribution in [0.25, 0.3) is 0 Å². The Kier molecular flexibility index (Phi) is 6.43. The van der Waals surface area contributed by atoms with Crippen molar-refractivity contribution in [1.82, 2.24) is 10.3 Å². The van der Waals surface area contributed by atoms with Gasteiger partial charge >= 0.3 is 0 Å². The highest BCUT2D eigenvalue weighted by Crippen LogP contribution is 2.27. The van der Waals surface area contributed by atoms with Crippen molar-refractivity contribution in [3.63, 3.8) is 0 Å². The van der Waals surface area contributed by atoms with Crippen LogP contribution in [0, 0.1) is 3.57 Å². The molecule has 0 spiro atoms. The van der Waals surface area contributed by atoms with Crippen LogP contribution in [0.1, 0.15) is 25.8 Å². The normalized spacial score (nSPS) is 21.0. The SMILES string of the molecule is CCC(C)(C(Cc1ccc(I)cc1)NN)N1CCOCC1. The van der Waals surface area contributed by atoms with Gasteiger partial charge in [-0.05, 0) is 60.1 Å². The molecular weight excluding hydrogens is 377 g/mol. The maximum absolute atomic E-state index is 5.91. The number of ether oxygens (including phenoxy) is 1. The lowest BCUT2D eigenvalue weighted by Crippen LogP contribution is -2.63. The van der Waals surface area contributed by atoms with Crippen molar-refractivity contribution in [3.8, 4) is 0 Å². The first-order chi connectivity index (χ1) is 10.1. The number of halogens is 1. The first kappa shape index (κ1) is 17.1. The number of rotatable bonds is 6. The lowest BCUT2D eigenvalue weighted by molar-refractivity contribution is -0.0322. The molecule has 0 radical (unpaired) electrons. The summed E-state index contributed by atoms with van der Waals surface area (Å²) in [5.74, 6) is 5.91. The third-order valence-electron chi connectivity index (χ3n) is 4.75. The van der Waals surface area contributed by atoms with Crippen LogP contribution < -0.4 is 11.3 Å². The molecule has 1 saturated heterocycles. The van der Waals surface area contributed by atoms with Crippen molar-refractivity contribution >= 4 is 22.6 Å². The Morgan fingerprint density at radius 2 is 1.95 bits per heavy atom. The molecule has 0 amide bonds. The van der Waals surface area contributed by atoms with Gasteiger partial charge < -0.3 is 4.74 Å². The summed E-state index contributed by atoms with van der Waals surface area (Å²) in [6.45, 7) is 8.15. The number of hydrogen-bond acceptors (Lipinski definition) is 4. The largest absolute Gasteiger partial charge is 0.379 e. The third-order valence-corrected chi connectivity index (χ3v) is 5.47. The number of nitrogens with zero attached hydrogens (tertiary/aromatic N) is 1. The van der Waals surface area contributed by atoms with E-state index in [9.17, 15) is 0 Å². The van der Waals surface area contributed by atoms with Crippen LogP contribution in [0.4, 0.5) is 0 Å². The minimum absolute atomic E-state index is 0.0432. The molecule has 21 heavy (non-hydrogen) atoms. The fourth-order valence-corrected chi connectivity index (χ4v) is 3.44. The third kappa shape index (κ3) is 4.16. The van der Waals surface area contributed by atoms with Crippen LogP contribution in [-0.4, -0.2) is 42.8 Å². The molecule has 4 nitrogen and oxygen atoms in total. The van der Waals surface area contributed by atoms with E-state index in [2.05, 4.69) is 71.0 Å². The van der Waals surface area contributed by atoms with Crippen LogP contribution in [0.15, 0.2) is 24.3 Å². The zero-order chi connectivity index (χ0) is 15.3. The first-order valence-electron chi connectivity index (χ1n) is 7.63. The highest BCUT2D eigenvalue weighted by Gasteiger charge is 2.38. The Labute approximate surface area is 141 Å². The van der Waals surface area contributed by atoms with Gasteiger partial charge in [-0.25, -0.2) is 0 Å². The van der Waals surface area contributed by atoms with Crippen molar-refractivity contribution in [2.75, 3.05) is 26.3 Å².